The first-order valence-electron chi connectivity index (χ1n) is 9.24. The lowest BCUT2D eigenvalue weighted by atomic mass is 9.96. The Bertz CT molecular complexity index is 1720. The highest BCUT2D eigenvalue weighted by Crippen LogP contribution is 2.89. The van der Waals surface area contributed by atoms with E-state index in [9.17, 15) is 33.8 Å². The molecule has 36 heavy (non-hydrogen) atoms. The number of hydrogen-bond acceptors (Lipinski definition) is 20. The lowest BCUT2D eigenvalue weighted by Gasteiger charge is -2.38. The van der Waals surface area contributed by atoms with Gasteiger partial charge in [-0.3, -0.25) is 9.53 Å². The zero-order chi connectivity index (χ0) is 25.1. The molecule has 4 N–H and O–H groups in total. The van der Waals surface area contributed by atoms with Crippen molar-refractivity contribution in [3.8, 4) is 6.01 Å². The first-order chi connectivity index (χ1) is 16.6. The molecule has 9 aliphatic rings. The smallest absolute Gasteiger partial charge is 0.599 e. The fraction of sp³-hybridized carbons (Fsp3) is 0.500. The van der Waals surface area contributed by atoms with Crippen LogP contribution in [0.3, 0.4) is 0 Å². The number of aromatic nitrogens is 4. The minimum atomic E-state index is -5.06. The molecule has 0 aliphatic carbocycles. The number of fused-ring (bicyclic) bond motifs is 1. The van der Waals surface area contributed by atoms with E-state index in [1.807, 2.05) is 0 Å². The van der Waals surface area contributed by atoms with Crippen molar-refractivity contribution in [3.05, 3.63) is 10.4 Å². The van der Waals surface area contributed by atoms with E-state index in [0.29, 0.717) is 13.8 Å². The predicted molar refractivity (Wildman–Crippen MR) is 94.6 cm³/mol. The highest BCUT2D eigenvalue weighted by Gasteiger charge is 3.06. The Morgan fingerprint density at radius 1 is 0.944 bits per heavy atom. The SMILES string of the molecule is O=c1[nH]c2[n+]([S-])c3c1nc(n3C13OC4(OP5(=O)OC4(O)O5)C4(O)OP(=O)(O1)OC34O)OP1(=O)ON2O1. The molecule has 5 atom stereocenters. The van der Waals surface area contributed by atoms with Crippen LogP contribution in [-0.4, -0.2) is 53.2 Å². The first-order valence-corrected chi connectivity index (χ1v) is 14.0. The number of aliphatic hydroxyl groups is 3. The quantitative estimate of drug-likeness (QED) is 0.149. The van der Waals surface area contributed by atoms with E-state index in [1.165, 1.54) is 0 Å². The summed E-state index contributed by atoms with van der Waals surface area (Å²) in [7, 11) is -14.1. The van der Waals surface area contributed by atoms with Crippen molar-refractivity contribution in [1.82, 2.24) is 14.5 Å². The number of H-pyrrole nitrogens is 1. The number of imidazole rings is 1. The summed E-state index contributed by atoms with van der Waals surface area (Å²) in [6, 6.07) is -0.960. The van der Waals surface area contributed by atoms with Crippen LogP contribution in [0.2, 0.25) is 0 Å². The standard InChI is InChI=1S/C10H4N5O17P3S/c16-2-1-3-13(5(11-1)23-33(20)31-15(32-33)4(12-2)14(3)36)9-7(18)6(17,25-34(21,26-7)28-9)8(24-9)10(19)29-35(22,27-8)30-10/h17-19H,(H,12,16). The molecular weight excluding hydrogens is 587 g/mol. The molecule has 9 aliphatic heterocycles. The van der Waals surface area contributed by atoms with Crippen molar-refractivity contribution in [2.24, 2.45) is 0 Å². The molecule has 1 spiro atoms. The van der Waals surface area contributed by atoms with Gasteiger partial charge in [-0.1, -0.05) is 9.25 Å². The lowest BCUT2D eigenvalue weighted by molar-refractivity contribution is -0.472. The Morgan fingerprint density at radius 2 is 1.61 bits per heavy atom. The molecule has 192 valence electrons. The van der Waals surface area contributed by atoms with Gasteiger partial charge in [0.05, 0.1) is 0 Å². The molecule has 7 saturated heterocycles. The van der Waals surface area contributed by atoms with Gasteiger partial charge < -0.3 is 36.6 Å². The van der Waals surface area contributed by atoms with Crippen molar-refractivity contribution >= 4 is 53.4 Å². The Hall–Kier alpha value is -1.62. The minimum Gasteiger partial charge on any atom is -0.615 e. The summed E-state index contributed by atoms with van der Waals surface area (Å²) in [6.45, 7) is 0. The summed E-state index contributed by atoms with van der Waals surface area (Å²) in [5, 5.41) is 34.2. The number of hydrogen-bond donors (Lipinski definition) is 4. The summed E-state index contributed by atoms with van der Waals surface area (Å²) in [5.41, 5.74) is -2.12. The van der Waals surface area contributed by atoms with Crippen LogP contribution in [0.25, 0.3) is 11.2 Å². The Morgan fingerprint density at radius 3 is 2.25 bits per heavy atom. The van der Waals surface area contributed by atoms with Gasteiger partial charge in [0.1, 0.15) is 0 Å². The van der Waals surface area contributed by atoms with E-state index in [2.05, 4.69) is 19.0 Å². The molecule has 11 rings (SSSR count). The maximum Gasteiger partial charge on any atom is 0.599 e. The number of nitrogens with zero attached hydrogens (tertiary/aromatic N) is 4. The third-order valence-electron chi connectivity index (χ3n) is 6.12. The molecule has 2 aromatic rings. The number of ether oxygens (including phenoxy) is 1. The molecule has 0 aromatic carbocycles. The van der Waals surface area contributed by atoms with E-state index < -0.39 is 81.4 Å². The van der Waals surface area contributed by atoms with E-state index in [-0.39, 0.29) is 0 Å². The molecule has 26 heteroatoms. The zero-order valence-corrected chi connectivity index (χ0v) is 19.6. The van der Waals surface area contributed by atoms with Gasteiger partial charge in [0.25, 0.3) is 0 Å². The molecular formula is C10H4N5O17P3S. The number of phosphoric ester groups is 2. The zero-order valence-electron chi connectivity index (χ0n) is 16.1. The number of anilines is 1. The van der Waals surface area contributed by atoms with Gasteiger partial charge in [-0.15, -0.1) is 0 Å². The van der Waals surface area contributed by atoms with Crippen LogP contribution >= 0.6 is 23.5 Å². The number of phosphoric acid groups is 3. The van der Waals surface area contributed by atoms with Crippen LogP contribution in [-0.2, 0) is 73.5 Å². The third kappa shape index (κ3) is 1.79. The van der Waals surface area contributed by atoms with Crippen molar-refractivity contribution in [3.63, 3.8) is 0 Å². The molecule has 0 saturated carbocycles. The van der Waals surface area contributed by atoms with E-state index in [0.717, 1.165) is 0 Å². The van der Waals surface area contributed by atoms with E-state index >= 15 is 0 Å². The lowest BCUT2D eigenvalue weighted by Crippen LogP contribution is -2.70. The Kier molecular flexibility index (Phi) is 3.06. The van der Waals surface area contributed by atoms with Crippen LogP contribution in [0.4, 0.5) is 5.95 Å². The topological polar surface area (TPSA) is 262 Å². The second-order valence-corrected chi connectivity index (χ2v) is 12.7. The van der Waals surface area contributed by atoms with Crippen molar-refractivity contribution < 1.29 is 78.6 Å². The number of rotatable bonds is 1. The highest BCUT2D eigenvalue weighted by atomic mass is 32.1. The molecule has 22 nitrogen and oxygen atoms in total. The van der Waals surface area contributed by atoms with Gasteiger partial charge in [-0.25, -0.2) is 45.8 Å². The van der Waals surface area contributed by atoms with Crippen LogP contribution in [0.5, 0.6) is 6.01 Å². The van der Waals surface area contributed by atoms with Crippen molar-refractivity contribution in [2.75, 3.05) is 5.23 Å². The normalized spacial score (nSPS) is 51.9. The summed E-state index contributed by atoms with van der Waals surface area (Å²) in [4.78, 5) is 18.8. The number of nitrogens with one attached hydrogen (secondary N) is 1. The Labute approximate surface area is 197 Å². The van der Waals surface area contributed by atoms with Gasteiger partial charge >= 0.3 is 70.2 Å². The van der Waals surface area contributed by atoms with E-state index in [1.54, 1.807) is 0 Å². The van der Waals surface area contributed by atoms with Crippen LogP contribution in [0, 0.1) is 0 Å². The average Bonchev–Trinajstić information content (AvgIpc) is 3.40. The molecule has 5 unspecified atom stereocenters. The second-order valence-electron chi connectivity index (χ2n) is 8.05. The summed E-state index contributed by atoms with van der Waals surface area (Å²) in [6.07, 6.45) is 0. The molecule has 0 radical (unpaired) electrons. The van der Waals surface area contributed by atoms with Crippen LogP contribution < -0.4 is 19.3 Å². The van der Waals surface area contributed by atoms with Gasteiger partial charge in [-0.2, -0.15) is 9.55 Å². The summed E-state index contributed by atoms with van der Waals surface area (Å²) >= 11 is 5.28. The van der Waals surface area contributed by atoms with Crippen LogP contribution in [0.15, 0.2) is 4.79 Å². The van der Waals surface area contributed by atoms with Crippen molar-refractivity contribution in [2.45, 2.75) is 29.2 Å². The van der Waals surface area contributed by atoms with Gasteiger partial charge in [0.15, 0.2) is 0 Å². The molecule has 7 fully saturated rings. The van der Waals surface area contributed by atoms with Crippen LogP contribution in [0.1, 0.15) is 0 Å². The van der Waals surface area contributed by atoms with Gasteiger partial charge in [0, 0.05) is 5.23 Å². The maximum absolute atomic E-state index is 13.2. The molecule has 9 bridgehead atoms. The predicted octanol–water partition coefficient (Wildman–Crippen LogP) is -2.76. The third-order valence-corrected chi connectivity index (χ3v) is 10.4. The fourth-order valence-electron chi connectivity index (χ4n) is 4.79. The minimum absolute atomic E-state index is 0.433. The fourth-order valence-corrected chi connectivity index (χ4v) is 9.30. The average molecular weight is 591 g/mol. The monoisotopic (exact) mass is 591 g/mol. The first kappa shape index (κ1) is 21.3. The van der Waals surface area contributed by atoms with Crippen molar-refractivity contribution in [1.29, 1.82) is 0 Å². The molecule has 11 heterocycles. The number of aromatic amines is 1. The molecule has 0 amide bonds. The summed E-state index contributed by atoms with van der Waals surface area (Å²) in [5.74, 6) is -17.4. The summed E-state index contributed by atoms with van der Waals surface area (Å²) < 4.78 is 89.5. The second kappa shape index (κ2) is 5.16. The molecule has 2 aromatic heterocycles. The Balaban J connectivity index is 1.42. The maximum atomic E-state index is 13.2. The van der Waals surface area contributed by atoms with E-state index in [4.69, 9.17) is 49.4 Å². The largest absolute Gasteiger partial charge is 0.615 e. The highest BCUT2D eigenvalue weighted by molar-refractivity contribution is 7.51. The van der Waals surface area contributed by atoms with Gasteiger partial charge in [0.2, 0.25) is 11.2 Å². The van der Waals surface area contributed by atoms with Gasteiger partial charge in [-0.05, 0) is 0 Å².